The Labute approximate surface area is 161 Å². The van der Waals surface area contributed by atoms with Gasteiger partial charge >= 0.3 is 5.97 Å². The highest BCUT2D eigenvalue weighted by atomic mass is 16.5. The van der Waals surface area contributed by atoms with Crippen LogP contribution in [0.1, 0.15) is 30.9 Å². The maximum Gasteiger partial charge on any atom is 0.313 e. The number of aryl methyl sites for hydroxylation is 1. The number of methoxy groups -OCH3 is 1. The molecule has 0 aliphatic carbocycles. The predicted octanol–water partition coefficient (Wildman–Crippen LogP) is 2.82. The van der Waals surface area contributed by atoms with Crippen LogP contribution in [0.15, 0.2) is 36.7 Å². The van der Waals surface area contributed by atoms with Crippen molar-refractivity contribution in [2.75, 3.05) is 26.8 Å². The second-order valence-electron chi connectivity index (χ2n) is 7.37. The van der Waals surface area contributed by atoms with Crippen LogP contribution in [-0.4, -0.2) is 47.5 Å². The van der Waals surface area contributed by atoms with Gasteiger partial charge in [-0.05, 0) is 50.4 Å². The number of hydrogen-bond acceptors (Lipinski definition) is 5. The van der Waals surface area contributed by atoms with Gasteiger partial charge in [-0.3, -0.25) is 14.4 Å². The van der Waals surface area contributed by atoms with Gasteiger partial charge < -0.3 is 9.47 Å². The maximum absolute atomic E-state index is 13.0. The van der Waals surface area contributed by atoms with E-state index in [1.54, 1.807) is 7.11 Å². The molecular formula is C21H29N3O3. The molecule has 27 heavy (non-hydrogen) atoms. The van der Waals surface area contributed by atoms with Gasteiger partial charge in [0.15, 0.2) is 0 Å². The minimum atomic E-state index is -0.525. The number of nitrogens with zero attached hydrogens (tertiary/aromatic N) is 3. The highest BCUT2D eigenvalue weighted by Gasteiger charge is 2.43. The Morgan fingerprint density at radius 3 is 2.89 bits per heavy atom. The quantitative estimate of drug-likeness (QED) is 0.701. The van der Waals surface area contributed by atoms with Crippen LogP contribution in [0.25, 0.3) is 0 Å². The number of esters is 1. The second kappa shape index (κ2) is 8.57. The fourth-order valence-electron chi connectivity index (χ4n) is 4.01. The van der Waals surface area contributed by atoms with Crippen LogP contribution in [-0.2, 0) is 29.5 Å². The molecule has 2 heterocycles. The average Bonchev–Trinajstić information content (AvgIpc) is 3.07. The lowest BCUT2D eigenvalue weighted by Crippen LogP contribution is -2.49. The molecule has 0 radical (unpaired) electrons. The number of carbonyl (C=O) groups excluding carboxylic acids is 1. The van der Waals surface area contributed by atoms with Crippen LogP contribution < -0.4 is 4.74 Å². The first-order valence-corrected chi connectivity index (χ1v) is 9.55. The molecule has 6 heteroatoms. The number of rotatable bonds is 7. The van der Waals surface area contributed by atoms with Gasteiger partial charge in [-0.1, -0.05) is 12.1 Å². The van der Waals surface area contributed by atoms with Crippen molar-refractivity contribution in [1.29, 1.82) is 0 Å². The molecule has 2 aromatic rings. The van der Waals surface area contributed by atoms with Crippen LogP contribution in [0, 0.1) is 5.41 Å². The van der Waals surface area contributed by atoms with Crippen molar-refractivity contribution in [2.45, 2.75) is 32.7 Å². The molecule has 1 aromatic heterocycles. The summed E-state index contributed by atoms with van der Waals surface area (Å²) in [5.41, 5.74) is 1.74. The lowest BCUT2D eigenvalue weighted by atomic mass is 9.75. The minimum Gasteiger partial charge on any atom is -0.497 e. The average molecular weight is 371 g/mol. The number of piperidine rings is 1. The topological polar surface area (TPSA) is 56.6 Å². The molecule has 146 valence electrons. The monoisotopic (exact) mass is 371 g/mol. The van der Waals surface area contributed by atoms with Crippen LogP contribution >= 0.6 is 0 Å². The number of hydrogen-bond donors (Lipinski definition) is 0. The molecule has 1 aromatic carbocycles. The lowest BCUT2D eigenvalue weighted by Gasteiger charge is -2.41. The summed E-state index contributed by atoms with van der Waals surface area (Å²) in [6.07, 6.45) is 6.40. The van der Waals surface area contributed by atoms with E-state index in [2.05, 4.69) is 16.1 Å². The summed E-state index contributed by atoms with van der Waals surface area (Å²) in [7, 11) is 3.59. The van der Waals surface area contributed by atoms with Gasteiger partial charge in [-0.2, -0.15) is 5.10 Å². The van der Waals surface area contributed by atoms with Gasteiger partial charge in [0, 0.05) is 31.9 Å². The Balaban J connectivity index is 1.81. The SMILES string of the molecule is CCOC(=O)[C@]1(Cc2cccc(OC)c2)CCCN(Cc2cnn(C)c2)C1. The van der Waals surface area contributed by atoms with E-state index < -0.39 is 5.41 Å². The Bertz CT molecular complexity index is 774. The van der Waals surface area contributed by atoms with E-state index >= 15 is 0 Å². The van der Waals surface area contributed by atoms with Crippen molar-refractivity contribution >= 4 is 5.97 Å². The third kappa shape index (κ3) is 4.69. The molecule has 1 fully saturated rings. The standard InChI is InChI=1S/C21H29N3O3/c1-4-27-20(25)21(12-17-7-5-8-19(11-17)26-3)9-6-10-24(16-21)15-18-13-22-23(2)14-18/h5,7-8,11,13-14H,4,6,9-10,12,15-16H2,1-3H3/t21-/m0/s1. The van der Waals surface area contributed by atoms with Gasteiger partial charge in [-0.25, -0.2) is 0 Å². The third-order valence-corrected chi connectivity index (χ3v) is 5.21. The highest BCUT2D eigenvalue weighted by molar-refractivity contribution is 5.78. The van der Waals surface area contributed by atoms with E-state index in [1.165, 1.54) is 5.56 Å². The Kier molecular flexibility index (Phi) is 6.16. The van der Waals surface area contributed by atoms with E-state index in [1.807, 2.05) is 49.2 Å². The molecule has 0 bridgehead atoms. The number of benzene rings is 1. The number of ether oxygens (including phenoxy) is 2. The van der Waals surface area contributed by atoms with E-state index in [0.717, 1.165) is 37.2 Å². The summed E-state index contributed by atoms with van der Waals surface area (Å²) in [6.45, 7) is 4.74. The van der Waals surface area contributed by atoms with Crippen LogP contribution in [0.5, 0.6) is 5.75 Å². The summed E-state index contributed by atoms with van der Waals surface area (Å²) in [6, 6.07) is 7.98. The number of aromatic nitrogens is 2. The summed E-state index contributed by atoms with van der Waals surface area (Å²) >= 11 is 0. The van der Waals surface area contributed by atoms with Crippen LogP contribution in [0.3, 0.4) is 0 Å². The van der Waals surface area contributed by atoms with E-state index in [4.69, 9.17) is 9.47 Å². The molecule has 0 saturated carbocycles. The molecule has 0 unspecified atom stereocenters. The van der Waals surface area contributed by atoms with Crippen molar-refractivity contribution in [2.24, 2.45) is 12.5 Å². The lowest BCUT2D eigenvalue weighted by molar-refractivity contribution is -0.159. The van der Waals surface area contributed by atoms with Gasteiger partial charge in [0.2, 0.25) is 0 Å². The van der Waals surface area contributed by atoms with Crippen LogP contribution in [0.2, 0.25) is 0 Å². The number of likely N-dealkylation sites (tertiary alicyclic amines) is 1. The molecule has 0 spiro atoms. The Hall–Kier alpha value is -2.34. The summed E-state index contributed by atoms with van der Waals surface area (Å²) in [5.74, 6) is 0.721. The first-order chi connectivity index (χ1) is 13.0. The molecule has 0 N–H and O–H groups in total. The minimum absolute atomic E-state index is 0.0938. The Morgan fingerprint density at radius 2 is 2.19 bits per heavy atom. The van der Waals surface area contributed by atoms with Crippen molar-refractivity contribution in [3.05, 3.63) is 47.8 Å². The van der Waals surface area contributed by atoms with Gasteiger partial charge in [0.25, 0.3) is 0 Å². The molecule has 1 aliphatic heterocycles. The van der Waals surface area contributed by atoms with E-state index in [0.29, 0.717) is 19.6 Å². The molecule has 6 nitrogen and oxygen atoms in total. The van der Waals surface area contributed by atoms with Gasteiger partial charge in [0.05, 0.1) is 25.3 Å². The molecule has 1 aliphatic rings. The van der Waals surface area contributed by atoms with E-state index in [-0.39, 0.29) is 5.97 Å². The van der Waals surface area contributed by atoms with E-state index in [9.17, 15) is 4.79 Å². The van der Waals surface area contributed by atoms with Gasteiger partial charge in [0.1, 0.15) is 5.75 Å². The first kappa shape index (κ1) is 19.4. The molecule has 1 saturated heterocycles. The smallest absolute Gasteiger partial charge is 0.313 e. The van der Waals surface area contributed by atoms with Crippen LogP contribution in [0.4, 0.5) is 0 Å². The van der Waals surface area contributed by atoms with Crippen molar-refractivity contribution in [1.82, 2.24) is 14.7 Å². The molecule has 3 rings (SSSR count). The summed E-state index contributed by atoms with van der Waals surface area (Å²) in [4.78, 5) is 15.3. The largest absolute Gasteiger partial charge is 0.497 e. The zero-order valence-electron chi connectivity index (χ0n) is 16.5. The summed E-state index contributed by atoms with van der Waals surface area (Å²) < 4.78 is 12.7. The van der Waals surface area contributed by atoms with Crippen molar-refractivity contribution in [3.8, 4) is 5.75 Å². The Morgan fingerprint density at radius 1 is 1.33 bits per heavy atom. The fourth-order valence-corrected chi connectivity index (χ4v) is 4.01. The molecular weight excluding hydrogens is 342 g/mol. The highest BCUT2D eigenvalue weighted by Crippen LogP contribution is 2.36. The number of carbonyl (C=O) groups is 1. The van der Waals surface area contributed by atoms with Crippen molar-refractivity contribution in [3.63, 3.8) is 0 Å². The first-order valence-electron chi connectivity index (χ1n) is 9.55. The molecule has 1 atom stereocenters. The maximum atomic E-state index is 13.0. The van der Waals surface area contributed by atoms with Crippen molar-refractivity contribution < 1.29 is 14.3 Å². The zero-order chi connectivity index (χ0) is 19.3. The third-order valence-electron chi connectivity index (χ3n) is 5.21. The second-order valence-corrected chi connectivity index (χ2v) is 7.37. The zero-order valence-corrected chi connectivity index (χ0v) is 16.5. The fraction of sp³-hybridized carbons (Fsp3) is 0.524. The van der Waals surface area contributed by atoms with Gasteiger partial charge in [-0.15, -0.1) is 0 Å². The predicted molar refractivity (Wildman–Crippen MR) is 103 cm³/mol. The normalized spacial score (nSPS) is 20.4. The summed E-state index contributed by atoms with van der Waals surface area (Å²) in [5, 5.41) is 4.25. The molecule has 0 amide bonds.